The van der Waals surface area contributed by atoms with E-state index in [0.29, 0.717) is 17.9 Å². The molecule has 0 aliphatic heterocycles. The Hall–Kier alpha value is -3.35. The largest absolute Gasteiger partial charge is 0.497 e. The molecular weight excluding hydrogens is 354 g/mol. The van der Waals surface area contributed by atoms with Crippen molar-refractivity contribution in [1.82, 2.24) is 19.7 Å². The van der Waals surface area contributed by atoms with Gasteiger partial charge in [-0.25, -0.2) is 4.98 Å². The Morgan fingerprint density at radius 1 is 1.14 bits per heavy atom. The monoisotopic (exact) mass is 377 g/mol. The highest BCUT2D eigenvalue weighted by Crippen LogP contribution is 2.31. The van der Waals surface area contributed by atoms with Crippen molar-refractivity contribution in [3.05, 3.63) is 54.2 Å². The van der Waals surface area contributed by atoms with E-state index in [2.05, 4.69) is 33.8 Å². The first-order chi connectivity index (χ1) is 13.7. The van der Waals surface area contributed by atoms with Crippen molar-refractivity contribution in [2.24, 2.45) is 0 Å². The van der Waals surface area contributed by atoms with Crippen LogP contribution < -0.4 is 10.5 Å². The number of rotatable bonds is 7. The van der Waals surface area contributed by atoms with Crippen molar-refractivity contribution in [1.29, 1.82) is 0 Å². The molecular formula is C21H23N5O2. The van der Waals surface area contributed by atoms with Crippen molar-refractivity contribution >= 4 is 16.9 Å². The average Bonchev–Trinajstić information content (AvgIpc) is 3.37. The van der Waals surface area contributed by atoms with Crippen LogP contribution in [-0.2, 0) is 13.0 Å². The van der Waals surface area contributed by atoms with Crippen LogP contribution in [0, 0.1) is 0 Å². The minimum Gasteiger partial charge on any atom is -0.497 e. The predicted molar refractivity (Wildman–Crippen MR) is 108 cm³/mol. The lowest BCUT2D eigenvalue weighted by atomic mass is 10.1. The van der Waals surface area contributed by atoms with Crippen LogP contribution in [0.4, 0.5) is 5.82 Å². The molecule has 0 bridgehead atoms. The molecule has 7 heteroatoms. The molecule has 0 amide bonds. The number of nitrogens with two attached hydrogens (primary N) is 1. The third-order valence-electron chi connectivity index (χ3n) is 4.82. The number of methoxy groups -OCH3 is 1. The van der Waals surface area contributed by atoms with Crippen molar-refractivity contribution in [2.75, 3.05) is 12.8 Å². The highest BCUT2D eigenvalue weighted by atomic mass is 16.5. The fourth-order valence-electron chi connectivity index (χ4n) is 3.32. The maximum atomic E-state index is 6.13. The number of benzene rings is 1. The van der Waals surface area contributed by atoms with Crippen molar-refractivity contribution < 1.29 is 9.15 Å². The molecule has 2 N–H and O–H groups in total. The van der Waals surface area contributed by atoms with Gasteiger partial charge in [-0.1, -0.05) is 25.5 Å². The molecule has 0 saturated carbocycles. The summed E-state index contributed by atoms with van der Waals surface area (Å²) in [6.07, 6.45) is 6.29. The van der Waals surface area contributed by atoms with Crippen LogP contribution in [0.2, 0.25) is 0 Å². The van der Waals surface area contributed by atoms with Gasteiger partial charge in [-0.2, -0.15) is 0 Å². The number of unbranched alkanes of at least 4 members (excludes halogenated alkanes) is 1. The summed E-state index contributed by atoms with van der Waals surface area (Å²) in [6.45, 7) is 2.83. The fourth-order valence-corrected chi connectivity index (χ4v) is 3.32. The molecule has 0 spiro atoms. The average molecular weight is 377 g/mol. The molecule has 0 aliphatic rings. The van der Waals surface area contributed by atoms with Gasteiger partial charge in [0, 0.05) is 18.5 Å². The summed E-state index contributed by atoms with van der Waals surface area (Å²) in [7, 11) is 1.67. The number of nitrogen functional groups attached to an aromatic ring is 1. The van der Waals surface area contributed by atoms with E-state index in [4.69, 9.17) is 19.9 Å². The second-order valence-electron chi connectivity index (χ2n) is 6.71. The summed E-state index contributed by atoms with van der Waals surface area (Å²) in [6, 6.07) is 9.92. The molecule has 0 saturated heterocycles. The Balaban J connectivity index is 1.88. The van der Waals surface area contributed by atoms with Gasteiger partial charge in [0.2, 0.25) is 0 Å². The lowest BCUT2D eigenvalue weighted by Gasteiger charge is -2.11. The Morgan fingerprint density at radius 3 is 2.64 bits per heavy atom. The van der Waals surface area contributed by atoms with E-state index in [1.807, 2.05) is 18.2 Å². The third-order valence-corrected chi connectivity index (χ3v) is 4.82. The Labute approximate surface area is 163 Å². The van der Waals surface area contributed by atoms with Gasteiger partial charge in [-0.15, -0.1) is 10.2 Å². The van der Waals surface area contributed by atoms with Crippen molar-refractivity contribution in [3.8, 4) is 17.0 Å². The molecule has 4 rings (SSSR count). The number of hydrogen-bond acceptors (Lipinski definition) is 6. The predicted octanol–water partition coefficient (Wildman–Crippen LogP) is 4.07. The molecule has 0 atom stereocenters. The topological polar surface area (TPSA) is 92.0 Å². The molecule has 1 aromatic carbocycles. The number of furan rings is 1. The summed E-state index contributed by atoms with van der Waals surface area (Å²) >= 11 is 0. The zero-order chi connectivity index (χ0) is 19.5. The van der Waals surface area contributed by atoms with E-state index in [1.54, 1.807) is 19.6 Å². The van der Waals surface area contributed by atoms with Crippen LogP contribution in [0.3, 0.4) is 0 Å². The zero-order valence-electron chi connectivity index (χ0n) is 16.1. The number of nitrogens with zero attached hydrogens (tertiary/aromatic N) is 4. The van der Waals surface area contributed by atoms with E-state index in [1.165, 1.54) is 0 Å². The van der Waals surface area contributed by atoms with Crippen molar-refractivity contribution in [2.45, 2.75) is 32.7 Å². The van der Waals surface area contributed by atoms with Gasteiger partial charge in [0.15, 0.2) is 5.82 Å². The second-order valence-corrected chi connectivity index (χ2v) is 6.71. The first kappa shape index (κ1) is 18.0. The minimum absolute atomic E-state index is 0.341. The van der Waals surface area contributed by atoms with E-state index in [0.717, 1.165) is 53.2 Å². The number of imidazole rings is 1. The van der Waals surface area contributed by atoms with Gasteiger partial charge in [-0.3, -0.25) is 0 Å². The molecule has 28 heavy (non-hydrogen) atoms. The number of anilines is 1. The summed E-state index contributed by atoms with van der Waals surface area (Å²) in [5.74, 6) is 2.16. The van der Waals surface area contributed by atoms with Crippen LogP contribution in [0.5, 0.6) is 5.75 Å². The van der Waals surface area contributed by atoms with Crippen molar-refractivity contribution in [3.63, 3.8) is 0 Å². The van der Waals surface area contributed by atoms with E-state index in [-0.39, 0.29) is 0 Å². The van der Waals surface area contributed by atoms with E-state index >= 15 is 0 Å². The lowest BCUT2D eigenvalue weighted by molar-refractivity contribution is 0.414. The molecule has 4 aromatic rings. The highest BCUT2D eigenvalue weighted by molar-refractivity contribution is 5.95. The minimum atomic E-state index is 0.341. The van der Waals surface area contributed by atoms with Crippen LogP contribution in [-0.4, -0.2) is 26.9 Å². The van der Waals surface area contributed by atoms with Gasteiger partial charge in [0.05, 0.1) is 19.6 Å². The molecule has 3 aromatic heterocycles. The molecule has 0 radical (unpaired) electrons. The standard InChI is InChI=1S/C21H23N5O2/c1-3-4-5-17-23-19-20(18(24-25-21(19)22)15-10-11-28-13-15)26(17)12-14-6-8-16(27-2)9-7-14/h6-11,13H,3-5,12H2,1-2H3,(H2,22,25). The first-order valence-electron chi connectivity index (χ1n) is 9.38. The van der Waals surface area contributed by atoms with Crippen LogP contribution in [0.25, 0.3) is 22.3 Å². The van der Waals surface area contributed by atoms with Crippen LogP contribution in [0.15, 0.2) is 47.3 Å². The number of aryl methyl sites for hydroxylation is 1. The van der Waals surface area contributed by atoms with E-state index < -0.39 is 0 Å². The van der Waals surface area contributed by atoms with Gasteiger partial charge in [-0.05, 0) is 30.2 Å². The Bertz CT molecular complexity index is 1070. The third kappa shape index (κ3) is 3.31. The van der Waals surface area contributed by atoms with E-state index in [9.17, 15) is 0 Å². The van der Waals surface area contributed by atoms with Gasteiger partial charge in [0.25, 0.3) is 0 Å². The summed E-state index contributed by atoms with van der Waals surface area (Å²) in [5.41, 5.74) is 10.4. The smallest absolute Gasteiger partial charge is 0.174 e. The van der Waals surface area contributed by atoms with Gasteiger partial charge in [0.1, 0.15) is 28.3 Å². The van der Waals surface area contributed by atoms with Crippen LogP contribution in [0.1, 0.15) is 31.2 Å². The molecule has 144 valence electrons. The summed E-state index contributed by atoms with van der Waals surface area (Å²) < 4.78 is 12.7. The number of ether oxygens (including phenoxy) is 1. The SMILES string of the molecule is CCCCc1nc2c(N)nnc(-c3ccoc3)c2n1Cc1ccc(OC)cc1. The summed E-state index contributed by atoms with van der Waals surface area (Å²) in [5, 5.41) is 8.48. The number of hydrogen-bond donors (Lipinski definition) is 1. The fraction of sp³-hybridized carbons (Fsp3) is 0.286. The quantitative estimate of drug-likeness (QED) is 0.522. The molecule has 0 unspecified atom stereocenters. The second kappa shape index (κ2) is 7.72. The summed E-state index contributed by atoms with van der Waals surface area (Å²) in [4.78, 5) is 4.83. The lowest BCUT2D eigenvalue weighted by Crippen LogP contribution is -2.07. The first-order valence-corrected chi connectivity index (χ1v) is 9.38. The maximum absolute atomic E-state index is 6.13. The Morgan fingerprint density at radius 2 is 1.96 bits per heavy atom. The molecule has 0 aliphatic carbocycles. The van der Waals surface area contributed by atoms with Crippen LogP contribution >= 0.6 is 0 Å². The zero-order valence-corrected chi connectivity index (χ0v) is 16.1. The highest BCUT2D eigenvalue weighted by Gasteiger charge is 2.20. The maximum Gasteiger partial charge on any atom is 0.174 e. The van der Waals surface area contributed by atoms with Gasteiger partial charge < -0.3 is 19.5 Å². The number of aromatic nitrogens is 4. The Kier molecular flexibility index (Phi) is 4.97. The molecule has 0 fully saturated rings. The normalized spacial score (nSPS) is 11.2. The molecule has 3 heterocycles. The van der Waals surface area contributed by atoms with Gasteiger partial charge >= 0.3 is 0 Å². The number of fused-ring (bicyclic) bond motifs is 1. The molecule has 7 nitrogen and oxygen atoms in total.